The molecule has 0 fully saturated rings. The van der Waals surface area contributed by atoms with Gasteiger partial charge in [-0.2, -0.15) is 0 Å². The van der Waals surface area contributed by atoms with E-state index >= 15 is 0 Å². The SMILES string of the molecule is [O-]c1c(Cl)c(Cl)c(Cl)c(Cl)c1Cl.[O-]c1c(Cl)c(Cl)c(Cl)c(Cl)c1Cl.[O-]c1c(Cl)c(Cl)c(Cl)c(Cl)c1Cl.[O-]c1c(Cl)c(Cl)c(Cl)c(Cl)c1Cl.[O-]c1c(Cl)c(Cl)c(Cl)c(Cl)c1Cl.[O-]c1c(Cl)c(Cl)c(Cl)c(Cl)c1Cl.[W+6]. The normalized spacial score (nSPS) is 10.3. The van der Waals surface area contributed by atoms with E-state index in [4.69, 9.17) is 348 Å². The maximum absolute atomic E-state index is 11.1. The van der Waals surface area contributed by atoms with E-state index in [1.807, 2.05) is 0 Å². The summed E-state index contributed by atoms with van der Waals surface area (Å²) in [7, 11) is 0. The van der Waals surface area contributed by atoms with E-state index in [1.54, 1.807) is 0 Å². The van der Waals surface area contributed by atoms with Gasteiger partial charge in [-0.25, -0.2) is 0 Å². The molecule has 0 aliphatic heterocycles. The number of rotatable bonds is 0. The predicted octanol–water partition coefficient (Wildman–Crippen LogP) is 24.2. The molecule has 396 valence electrons. The van der Waals surface area contributed by atoms with Crippen LogP contribution in [0.3, 0.4) is 0 Å². The van der Waals surface area contributed by atoms with Crippen molar-refractivity contribution in [2.75, 3.05) is 0 Å². The van der Waals surface area contributed by atoms with Gasteiger partial charge in [0.15, 0.2) is 0 Å². The summed E-state index contributed by atoms with van der Waals surface area (Å²) in [6.45, 7) is 0. The Morgan fingerprint density at radius 3 is 0.205 bits per heavy atom. The van der Waals surface area contributed by atoms with Crippen molar-refractivity contribution in [2.24, 2.45) is 0 Å². The first-order chi connectivity index (χ1) is 32.8. The third-order valence-corrected chi connectivity index (χ3v) is 20.5. The fourth-order valence-electron chi connectivity index (χ4n) is 3.51. The summed E-state index contributed by atoms with van der Waals surface area (Å²) in [6.07, 6.45) is 0. The summed E-state index contributed by atoms with van der Waals surface area (Å²) in [4.78, 5) is 0. The fraction of sp³-hybridized carbons (Fsp3) is 0. The molecule has 0 aliphatic rings. The number of halogens is 30. The van der Waals surface area contributed by atoms with E-state index in [-0.39, 0.29) is 172 Å². The van der Waals surface area contributed by atoms with Crippen LogP contribution in [0.1, 0.15) is 0 Å². The van der Waals surface area contributed by atoms with Gasteiger partial charge in [0.25, 0.3) is 0 Å². The average molecular weight is 1780 g/mol. The minimum atomic E-state index is -0.613. The maximum atomic E-state index is 11.1. The first kappa shape index (κ1) is 76.5. The predicted molar refractivity (Wildman–Crippen MR) is 306 cm³/mol. The Morgan fingerprint density at radius 1 is 0.110 bits per heavy atom. The van der Waals surface area contributed by atoms with Crippen LogP contribution >= 0.6 is 348 Å². The van der Waals surface area contributed by atoms with Crippen LogP contribution in [-0.4, -0.2) is 0 Å². The van der Waals surface area contributed by atoms with Gasteiger partial charge in [0.1, 0.15) is 0 Å². The van der Waals surface area contributed by atoms with Crippen molar-refractivity contribution in [3.05, 3.63) is 151 Å². The van der Waals surface area contributed by atoms with E-state index in [1.165, 1.54) is 0 Å². The van der Waals surface area contributed by atoms with Crippen LogP contribution in [0.15, 0.2) is 0 Å². The van der Waals surface area contributed by atoms with Crippen LogP contribution in [0.25, 0.3) is 0 Å². The smallest absolute Gasteiger partial charge is 0.870 e. The van der Waals surface area contributed by atoms with E-state index in [9.17, 15) is 30.6 Å². The van der Waals surface area contributed by atoms with E-state index in [0.29, 0.717) is 0 Å². The van der Waals surface area contributed by atoms with Crippen molar-refractivity contribution in [1.29, 1.82) is 0 Å². The Kier molecular flexibility index (Phi) is 35.3. The fourth-order valence-corrected chi connectivity index (χ4v) is 10.2. The zero-order valence-electron chi connectivity index (χ0n) is 32.2. The zero-order valence-corrected chi connectivity index (χ0v) is 57.8. The average Bonchev–Trinajstić information content (AvgIpc) is 3.37. The standard InChI is InChI=1S/6C6HCl5O.W/c6*7-1-2(8)4(10)6(12)5(11)3(1)9;/h6*12H;/q;;;;;;+6/p-6. The second-order valence-electron chi connectivity index (χ2n) is 11.4. The van der Waals surface area contributed by atoms with E-state index in [2.05, 4.69) is 0 Å². The molecule has 0 unspecified atom stereocenters. The van der Waals surface area contributed by atoms with Crippen molar-refractivity contribution < 1.29 is 51.7 Å². The molecule has 6 aromatic carbocycles. The molecular weight excluding hydrogens is 1780 g/mol. The third-order valence-electron chi connectivity index (χ3n) is 7.02. The van der Waals surface area contributed by atoms with E-state index in [0.717, 1.165) is 0 Å². The summed E-state index contributed by atoms with van der Waals surface area (Å²) < 4.78 is 0. The number of hydrogen-bond donors (Lipinski definition) is 0. The van der Waals surface area contributed by atoms with Gasteiger partial charge >= 0.3 is 21.1 Å². The van der Waals surface area contributed by atoms with Gasteiger partial charge in [-0.3, -0.25) is 0 Å². The topological polar surface area (TPSA) is 138 Å². The van der Waals surface area contributed by atoms with Gasteiger partial charge in [-0.15, -0.1) is 0 Å². The molecule has 0 aromatic heterocycles. The van der Waals surface area contributed by atoms with E-state index < -0.39 is 34.5 Å². The maximum Gasteiger partial charge on any atom is 6.00 e. The molecule has 0 atom stereocenters. The van der Waals surface area contributed by atoms with Crippen molar-refractivity contribution >= 4 is 348 Å². The van der Waals surface area contributed by atoms with Gasteiger partial charge in [0.05, 0.1) is 151 Å². The molecule has 6 aromatic rings. The first-order valence-electron chi connectivity index (χ1n) is 15.9. The Hall–Kier alpha value is 3.51. The molecule has 6 nitrogen and oxygen atoms in total. The second kappa shape index (κ2) is 33.7. The van der Waals surface area contributed by atoms with Crippen molar-refractivity contribution in [2.45, 2.75) is 0 Å². The van der Waals surface area contributed by atoms with Crippen molar-refractivity contribution in [3.8, 4) is 34.5 Å². The molecule has 0 spiro atoms. The molecule has 0 aliphatic carbocycles. The minimum Gasteiger partial charge on any atom is -0.870 e. The molecular formula is C36Cl30O6W. The largest absolute Gasteiger partial charge is 6.00 e. The molecule has 0 bridgehead atoms. The van der Waals surface area contributed by atoms with Crippen LogP contribution in [0, 0.1) is 0 Å². The monoisotopic (exact) mass is 1760 g/mol. The Labute approximate surface area is 576 Å². The molecule has 0 saturated carbocycles. The molecule has 37 heteroatoms. The Bertz CT molecular complexity index is 1910. The molecule has 73 heavy (non-hydrogen) atoms. The van der Waals surface area contributed by atoms with Crippen LogP contribution in [0.4, 0.5) is 0 Å². The summed E-state index contributed by atoms with van der Waals surface area (Å²) in [5, 5.41) is 63.0. The van der Waals surface area contributed by atoms with Crippen LogP contribution in [-0.2, 0) is 21.1 Å². The quantitative estimate of drug-likeness (QED) is 0.110. The number of hydrogen-bond acceptors (Lipinski definition) is 6. The summed E-state index contributed by atoms with van der Waals surface area (Å²) in [5.74, 6) is -3.68. The molecule has 0 saturated heterocycles. The van der Waals surface area contributed by atoms with Gasteiger partial charge < -0.3 is 30.6 Å². The summed E-state index contributed by atoms with van der Waals surface area (Å²) in [5.41, 5.74) is 0. The number of benzene rings is 6. The van der Waals surface area contributed by atoms with Crippen LogP contribution in [0.2, 0.25) is 151 Å². The minimum absolute atomic E-state index is 0. The van der Waals surface area contributed by atoms with Crippen molar-refractivity contribution in [3.63, 3.8) is 0 Å². The zero-order chi connectivity index (χ0) is 56.8. The van der Waals surface area contributed by atoms with Gasteiger partial charge in [-0.1, -0.05) is 383 Å². The van der Waals surface area contributed by atoms with Crippen molar-refractivity contribution in [1.82, 2.24) is 0 Å². The van der Waals surface area contributed by atoms with Crippen LogP contribution < -0.4 is 30.6 Å². The Balaban J connectivity index is 0.000000850. The molecule has 0 amide bonds. The van der Waals surface area contributed by atoms with Gasteiger partial charge in [0.2, 0.25) is 0 Å². The Morgan fingerprint density at radius 2 is 0.151 bits per heavy atom. The third kappa shape index (κ3) is 18.8. The van der Waals surface area contributed by atoms with Gasteiger partial charge in [0, 0.05) is 0 Å². The second-order valence-corrected chi connectivity index (χ2v) is 22.7. The molecule has 0 heterocycles. The molecule has 6 rings (SSSR count). The first-order valence-corrected chi connectivity index (χ1v) is 27.2. The summed E-state index contributed by atoms with van der Waals surface area (Å²) in [6, 6.07) is 0. The molecule has 0 N–H and O–H groups in total. The van der Waals surface area contributed by atoms with Crippen LogP contribution in [0.5, 0.6) is 34.5 Å². The molecule has 0 radical (unpaired) electrons. The summed E-state index contributed by atoms with van der Waals surface area (Å²) >= 11 is 166. The van der Waals surface area contributed by atoms with Gasteiger partial charge in [-0.05, 0) is 0 Å².